The molecule has 0 aliphatic heterocycles. The number of pyridine rings is 1. The number of carbonyl (C=O) groups is 1. The maximum atomic E-state index is 12.2. The summed E-state index contributed by atoms with van der Waals surface area (Å²) in [6, 6.07) is 3.40. The van der Waals surface area contributed by atoms with Gasteiger partial charge in [-0.25, -0.2) is 9.97 Å². The van der Waals surface area contributed by atoms with Crippen molar-refractivity contribution < 1.29 is 4.79 Å². The normalized spacial score (nSPS) is 10.6. The van der Waals surface area contributed by atoms with Crippen LogP contribution < -0.4 is 11.1 Å². The molecular formula is C15H16N4OS. The highest BCUT2D eigenvalue weighted by Crippen LogP contribution is 2.22. The second-order valence-electron chi connectivity index (χ2n) is 4.85. The Morgan fingerprint density at radius 3 is 2.81 bits per heavy atom. The summed E-state index contributed by atoms with van der Waals surface area (Å²) in [7, 11) is 0. The van der Waals surface area contributed by atoms with Gasteiger partial charge in [0.15, 0.2) is 0 Å². The monoisotopic (exact) mass is 300 g/mol. The Morgan fingerprint density at radius 2 is 2.24 bits per heavy atom. The minimum absolute atomic E-state index is 0.242. The first-order valence-corrected chi connectivity index (χ1v) is 7.28. The third-order valence-electron chi connectivity index (χ3n) is 2.72. The van der Waals surface area contributed by atoms with E-state index in [2.05, 4.69) is 27.1 Å². The fourth-order valence-electron chi connectivity index (χ4n) is 1.69. The minimum atomic E-state index is -0.537. The molecule has 21 heavy (non-hydrogen) atoms. The lowest BCUT2D eigenvalue weighted by Gasteiger charge is -2.23. The molecule has 5 nitrogen and oxygen atoms in total. The highest BCUT2D eigenvalue weighted by atomic mass is 32.1. The van der Waals surface area contributed by atoms with Crippen molar-refractivity contribution in [2.75, 3.05) is 6.54 Å². The Morgan fingerprint density at radius 1 is 1.43 bits per heavy atom. The average Bonchev–Trinajstić information content (AvgIpc) is 3.00. The topological polar surface area (TPSA) is 80.9 Å². The third-order valence-corrected chi connectivity index (χ3v) is 3.82. The van der Waals surface area contributed by atoms with Crippen molar-refractivity contribution in [3.05, 3.63) is 46.2 Å². The average molecular weight is 300 g/mol. The molecule has 0 aliphatic carbocycles. The fourth-order valence-corrected chi connectivity index (χ4v) is 2.41. The molecule has 0 saturated heterocycles. The van der Waals surface area contributed by atoms with E-state index in [0.29, 0.717) is 12.2 Å². The van der Waals surface area contributed by atoms with E-state index in [0.717, 1.165) is 10.6 Å². The lowest BCUT2D eigenvalue weighted by Crippen LogP contribution is -2.41. The van der Waals surface area contributed by atoms with Crippen LogP contribution in [0.5, 0.6) is 0 Å². The van der Waals surface area contributed by atoms with E-state index in [9.17, 15) is 4.79 Å². The van der Waals surface area contributed by atoms with Crippen LogP contribution in [0.4, 0.5) is 0 Å². The van der Waals surface area contributed by atoms with Gasteiger partial charge in [-0.2, -0.15) is 0 Å². The lowest BCUT2D eigenvalue weighted by molar-refractivity contribution is 0.0907. The molecule has 0 fully saturated rings. The summed E-state index contributed by atoms with van der Waals surface area (Å²) >= 11 is 1.50. The molecule has 0 bridgehead atoms. The SMILES string of the molecule is CC(C)(NC(=O)c1ccc(C#CCN)cn1)c1nccs1. The minimum Gasteiger partial charge on any atom is -0.339 e. The number of nitrogens with one attached hydrogen (secondary N) is 1. The second-order valence-corrected chi connectivity index (χ2v) is 5.75. The number of nitrogens with two attached hydrogens (primary N) is 1. The molecule has 1 amide bonds. The third kappa shape index (κ3) is 3.88. The number of aromatic nitrogens is 2. The first-order valence-electron chi connectivity index (χ1n) is 6.40. The molecule has 6 heteroatoms. The molecule has 0 saturated carbocycles. The molecule has 0 aliphatic rings. The number of thiazole rings is 1. The summed E-state index contributed by atoms with van der Waals surface area (Å²) in [6.07, 6.45) is 3.28. The number of hydrogen-bond donors (Lipinski definition) is 2. The zero-order chi connectivity index (χ0) is 15.3. The quantitative estimate of drug-likeness (QED) is 0.842. The number of hydrogen-bond acceptors (Lipinski definition) is 5. The summed E-state index contributed by atoms with van der Waals surface area (Å²) < 4.78 is 0. The Bertz CT molecular complexity index is 666. The van der Waals surface area contributed by atoms with Crippen molar-refractivity contribution in [1.82, 2.24) is 15.3 Å². The van der Waals surface area contributed by atoms with E-state index in [1.54, 1.807) is 24.5 Å². The van der Waals surface area contributed by atoms with E-state index in [-0.39, 0.29) is 5.91 Å². The van der Waals surface area contributed by atoms with Gasteiger partial charge in [-0.05, 0) is 26.0 Å². The Labute approximate surface area is 127 Å². The molecule has 0 spiro atoms. The molecule has 2 aromatic rings. The fraction of sp³-hybridized carbons (Fsp3) is 0.267. The molecule has 0 aromatic carbocycles. The van der Waals surface area contributed by atoms with Gasteiger partial charge in [0.1, 0.15) is 10.7 Å². The molecule has 2 heterocycles. The number of carbonyl (C=O) groups excluding carboxylic acids is 1. The molecular weight excluding hydrogens is 284 g/mol. The summed E-state index contributed by atoms with van der Waals surface area (Å²) in [5.41, 5.74) is 5.85. The summed E-state index contributed by atoms with van der Waals surface area (Å²) in [6.45, 7) is 4.11. The summed E-state index contributed by atoms with van der Waals surface area (Å²) in [5, 5.41) is 5.66. The zero-order valence-electron chi connectivity index (χ0n) is 11.9. The van der Waals surface area contributed by atoms with Gasteiger partial charge in [0.05, 0.1) is 12.1 Å². The van der Waals surface area contributed by atoms with Crippen molar-refractivity contribution in [2.24, 2.45) is 5.73 Å². The number of nitrogens with zero attached hydrogens (tertiary/aromatic N) is 2. The van der Waals surface area contributed by atoms with Crippen LogP contribution in [0.1, 0.15) is 34.9 Å². The highest BCUT2D eigenvalue weighted by molar-refractivity contribution is 7.09. The predicted octanol–water partition coefficient (Wildman–Crippen LogP) is 1.51. The van der Waals surface area contributed by atoms with Gasteiger partial charge in [0, 0.05) is 23.3 Å². The van der Waals surface area contributed by atoms with E-state index >= 15 is 0 Å². The molecule has 108 valence electrons. The van der Waals surface area contributed by atoms with E-state index in [1.165, 1.54) is 11.3 Å². The van der Waals surface area contributed by atoms with Gasteiger partial charge in [-0.1, -0.05) is 11.8 Å². The maximum absolute atomic E-state index is 12.2. The van der Waals surface area contributed by atoms with Crippen molar-refractivity contribution in [3.63, 3.8) is 0 Å². The largest absolute Gasteiger partial charge is 0.339 e. The highest BCUT2D eigenvalue weighted by Gasteiger charge is 2.26. The maximum Gasteiger partial charge on any atom is 0.270 e. The summed E-state index contributed by atoms with van der Waals surface area (Å²) in [5.74, 6) is 5.36. The van der Waals surface area contributed by atoms with Crippen LogP contribution in [0.3, 0.4) is 0 Å². The smallest absolute Gasteiger partial charge is 0.270 e. The molecule has 3 N–H and O–H groups in total. The van der Waals surface area contributed by atoms with Crippen LogP contribution >= 0.6 is 11.3 Å². The number of amides is 1. The van der Waals surface area contributed by atoms with Crippen molar-refractivity contribution >= 4 is 17.2 Å². The second kappa shape index (κ2) is 6.48. The van der Waals surface area contributed by atoms with Gasteiger partial charge < -0.3 is 11.1 Å². The van der Waals surface area contributed by atoms with Crippen molar-refractivity contribution in [3.8, 4) is 11.8 Å². The standard InChI is InChI=1S/C15H16N4OS/c1-15(2,14-17-8-9-21-14)19-13(20)12-6-5-11(10-18-12)4-3-7-16/h5-6,8-10H,7,16H2,1-2H3,(H,19,20). The number of rotatable bonds is 3. The Hall–Kier alpha value is -2.23. The first kappa shape index (κ1) is 15.2. The summed E-state index contributed by atoms with van der Waals surface area (Å²) in [4.78, 5) is 20.6. The van der Waals surface area contributed by atoms with Crippen LogP contribution in [-0.2, 0) is 5.54 Å². The van der Waals surface area contributed by atoms with Gasteiger partial charge >= 0.3 is 0 Å². The van der Waals surface area contributed by atoms with Crippen LogP contribution in [0.2, 0.25) is 0 Å². The molecule has 2 aromatic heterocycles. The zero-order valence-corrected chi connectivity index (χ0v) is 12.7. The Balaban J connectivity index is 2.10. The van der Waals surface area contributed by atoms with Crippen molar-refractivity contribution in [1.29, 1.82) is 0 Å². The van der Waals surface area contributed by atoms with E-state index in [1.807, 2.05) is 19.2 Å². The molecule has 2 rings (SSSR count). The van der Waals surface area contributed by atoms with Crippen LogP contribution in [0.25, 0.3) is 0 Å². The van der Waals surface area contributed by atoms with Crippen LogP contribution in [0, 0.1) is 11.8 Å². The van der Waals surface area contributed by atoms with Gasteiger partial charge in [-0.3, -0.25) is 4.79 Å². The van der Waals surface area contributed by atoms with Crippen molar-refractivity contribution in [2.45, 2.75) is 19.4 Å². The predicted molar refractivity (Wildman–Crippen MR) is 82.8 cm³/mol. The van der Waals surface area contributed by atoms with Gasteiger partial charge in [0.25, 0.3) is 5.91 Å². The molecule has 0 unspecified atom stereocenters. The lowest BCUT2D eigenvalue weighted by atomic mass is 10.1. The van der Waals surface area contributed by atoms with E-state index in [4.69, 9.17) is 5.73 Å². The van der Waals surface area contributed by atoms with Crippen LogP contribution in [-0.4, -0.2) is 22.4 Å². The van der Waals surface area contributed by atoms with Crippen LogP contribution in [0.15, 0.2) is 29.9 Å². The first-order chi connectivity index (χ1) is 10.0. The molecule has 0 atom stereocenters. The van der Waals surface area contributed by atoms with Gasteiger partial charge in [0.2, 0.25) is 0 Å². The van der Waals surface area contributed by atoms with Gasteiger partial charge in [-0.15, -0.1) is 11.3 Å². The van der Waals surface area contributed by atoms with E-state index < -0.39 is 5.54 Å². The Kier molecular flexibility index (Phi) is 4.68. The molecule has 0 radical (unpaired) electrons.